The van der Waals surface area contributed by atoms with Gasteiger partial charge in [0.15, 0.2) is 5.69 Å². The van der Waals surface area contributed by atoms with E-state index in [1.54, 1.807) is 6.33 Å². The summed E-state index contributed by atoms with van der Waals surface area (Å²) < 4.78 is 8.00. The van der Waals surface area contributed by atoms with E-state index in [9.17, 15) is 4.79 Å². The number of ether oxygens (including phenoxy) is 1. The molecule has 1 N–H and O–H groups in total. The number of benzene rings is 2. The van der Waals surface area contributed by atoms with Crippen LogP contribution >= 0.6 is 0 Å². The van der Waals surface area contributed by atoms with E-state index in [0.29, 0.717) is 24.8 Å². The lowest BCUT2D eigenvalue weighted by molar-refractivity contribution is 0.00265. The molecular formula is C22H23N3O2. The molecule has 1 aliphatic heterocycles. The molecule has 0 fully saturated rings. The topological polar surface area (TPSA) is 56.2 Å². The molecule has 0 bridgehead atoms. The van der Waals surface area contributed by atoms with Crippen LogP contribution in [-0.2, 0) is 17.9 Å². The average molecular weight is 361 g/mol. The molecule has 0 saturated carbocycles. The van der Waals surface area contributed by atoms with Gasteiger partial charge in [-0.3, -0.25) is 4.79 Å². The first-order valence-corrected chi connectivity index (χ1v) is 9.23. The number of imidazole rings is 1. The first kappa shape index (κ1) is 17.5. The lowest BCUT2D eigenvalue weighted by atomic mass is 10.0. The third-order valence-electron chi connectivity index (χ3n) is 4.95. The third-order valence-corrected chi connectivity index (χ3v) is 4.95. The molecule has 0 aliphatic carbocycles. The van der Waals surface area contributed by atoms with Gasteiger partial charge in [0.25, 0.3) is 5.91 Å². The van der Waals surface area contributed by atoms with Gasteiger partial charge in [0.05, 0.1) is 25.2 Å². The van der Waals surface area contributed by atoms with Gasteiger partial charge in [0.2, 0.25) is 0 Å². The second-order valence-corrected chi connectivity index (χ2v) is 7.13. The van der Waals surface area contributed by atoms with Crippen LogP contribution in [0.2, 0.25) is 0 Å². The van der Waals surface area contributed by atoms with Gasteiger partial charge >= 0.3 is 0 Å². The Kier molecular flexibility index (Phi) is 4.77. The molecule has 1 unspecified atom stereocenters. The number of nitrogens with zero attached hydrogens (tertiary/aromatic N) is 2. The molecule has 4 rings (SSSR count). The highest BCUT2D eigenvalue weighted by molar-refractivity contribution is 6.03. The highest BCUT2D eigenvalue weighted by Gasteiger charge is 2.26. The van der Waals surface area contributed by atoms with E-state index in [1.165, 1.54) is 5.56 Å². The van der Waals surface area contributed by atoms with E-state index in [-0.39, 0.29) is 12.0 Å². The van der Waals surface area contributed by atoms with Crippen molar-refractivity contribution < 1.29 is 9.53 Å². The van der Waals surface area contributed by atoms with Gasteiger partial charge in [-0.05, 0) is 29.2 Å². The molecule has 1 amide bonds. The van der Waals surface area contributed by atoms with Gasteiger partial charge in [-0.2, -0.15) is 0 Å². The van der Waals surface area contributed by atoms with Crippen LogP contribution in [0.25, 0.3) is 0 Å². The minimum atomic E-state index is -0.206. The van der Waals surface area contributed by atoms with Crippen LogP contribution in [0.4, 0.5) is 5.69 Å². The maximum absolute atomic E-state index is 12.7. The van der Waals surface area contributed by atoms with Crippen molar-refractivity contribution in [3.63, 3.8) is 0 Å². The van der Waals surface area contributed by atoms with Gasteiger partial charge in [-0.25, -0.2) is 4.98 Å². The summed E-state index contributed by atoms with van der Waals surface area (Å²) in [7, 11) is 0. The first-order chi connectivity index (χ1) is 13.1. The number of carbonyl (C=O) groups is 1. The average Bonchev–Trinajstić information content (AvgIpc) is 3.12. The van der Waals surface area contributed by atoms with Gasteiger partial charge in [0.1, 0.15) is 6.10 Å². The number of hydrogen-bond donors (Lipinski definition) is 1. The van der Waals surface area contributed by atoms with E-state index in [1.807, 2.05) is 47.0 Å². The molecule has 2 aromatic carbocycles. The summed E-state index contributed by atoms with van der Waals surface area (Å²) >= 11 is 0. The monoisotopic (exact) mass is 361 g/mol. The summed E-state index contributed by atoms with van der Waals surface area (Å²) in [4.78, 5) is 17.0. The van der Waals surface area contributed by atoms with Crippen LogP contribution in [0.15, 0.2) is 60.9 Å². The lowest BCUT2D eigenvalue weighted by Gasteiger charge is -2.25. The summed E-state index contributed by atoms with van der Waals surface area (Å²) in [6.45, 7) is 5.32. The first-order valence-electron chi connectivity index (χ1n) is 9.23. The molecule has 3 aromatic rings. The number of rotatable bonds is 4. The van der Waals surface area contributed by atoms with E-state index in [2.05, 4.69) is 36.3 Å². The second-order valence-electron chi connectivity index (χ2n) is 7.13. The van der Waals surface area contributed by atoms with Crippen LogP contribution in [0, 0.1) is 0 Å². The quantitative estimate of drug-likeness (QED) is 0.743. The van der Waals surface area contributed by atoms with Crippen LogP contribution in [-0.4, -0.2) is 15.5 Å². The molecule has 27 heavy (non-hydrogen) atoms. The highest BCUT2D eigenvalue weighted by Crippen LogP contribution is 2.28. The fraction of sp³-hybridized carbons (Fsp3) is 0.273. The number of hydrogen-bond acceptors (Lipinski definition) is 3. The fourth-order valence-electron chi connectivity index (χ4n) is 3.33. The summed E-state index contributed by atoms with van der Waals surface area (Å²) in [5.41, 5.74) is 4.39. The molecule has 0 radical (unpaired) electrons. The zero-order valence-electron chi connectivity index (χ0n) is 15.6. The van der Waals surface area contributed by atoms with Gasteiger partial charge in [-0.15, -0.1) is 0 Å². The molecule has 0 spiro atoms. The number of fused-ring (bicyclic) bond motifs is 1. The van der Waals surface area contributed by atoms with Crippen molar-refractivity contribution >= 4 is 11.6 Å². The molecule has 1 aromatic heterocycles. The molecule has 1 atom stereocenters. The maximum atomic E-state index is 12.7. The Morgan fingerprint density at radius 3 is 2.59 bits per heavy atom. The predicted octanol–water partition coefficient (Wildman–Crippen LogP) is 4.53. The maximum Gasteiger partial charge on any atom is 0.276 e. The number of amides is 1. The second kappa shape index (κ2) is 7.37. The standard InChI is InChI=1S/C22H23N3O2/c1-15(2)16-8-10-18(11-9-16)24-22(26)21-19-13-27-20(12-25(19)14-23-21)17-6-4-3-5-7-17/h3-11,14-15,20H,12-13H2,1-2H3,(H,24,26). The van der Waals surface area contributed by atoms with Gasteiger partial charge in [0, 0.05) is 5.69 Å². The number of anilines is 1. The normalized spacial score (nSPS) is 16.2. The van der Waals surface area contributed by atoms with Crippen LogP contribution < -0.4 is 5.32 Å². The molecule has 2 heterocycles. The third kappa shape index (κ3) is 3.64. The van der Waals surface area contributed by atoms with Crippen LogP contribution in [0.1, 0.15) is 53.2 Å². The van der Waals surface area contributed by atoms with E-state index in [4.69, 9.17) is 4.74 Å². The zero-order valence-corrected chi connectivity index (χ0v) is 15.6. The Bertz CT molecular complexity index is 930. The van der Waals surface area contributed by atoms with Crippen molar-refractivity contribution in [1.82, 2.24) is 9.55 Å². The lowest BCUT2D eigenvalue weighted by Crippen LogP contribution is -2.23. The van der Waals surface area contributed by atoms with Gasteiger partial charge in [-0.1, -0.05) is 56.3 Å². The summed E-state index contributed by atoms with van der Waals surface area (Å²) in [5.74, 6) is 0.257. The summed E-state index contributed by atoms with van der Waals surface area (Å²) in [6, 6.07) is 18.0. The Hall–Kier alpha value is -2.92. The van der Waals surface area contributed by atoms with Crippen LogP contribution in [0.5, 0.6) is 0 Å². The van der Waals surface area contributed by atoms with Crippen molar-refractivity contribution in [1.29, 1.82) is 0 Å². The molecule has 5 nitrogen and oxygen atoms in total. The fourth-order valence-corrected chi connectivity index (χ4v) is 3.33. The van der Waals surface area contributed by atoms with Crippen molar-refractivity contribution in [2.45, 2.75) is 39.0 Å². The van der Waals surface area contributed by atoms with E-state index < -0.39 is 0 Å². The molecule has 138 valence electrons. The van der Waals surface area contributed by atoms with Crippen molar-refractivity contribution in [3.05, 3.63) is 83.4 Å². The Morgan fingerprint density at radius 2 is 1.89 bits per heavy atom. The zero-order chi connectivity index (χ0) is 18.8. The van der Waals surface area contributed by atoms with E-state index >= 15 is 0 Å². The number of aromatic nitrogens is 2. The highest BCUT2D eigenvalue weighted by atomic mass is 16.5. The summed E-state index contributed by atoms with van der Waals surface area (Å²) in [6.07, 6.45) is 1.71. The summed E-state index contributed by atoms with van der Waals surface area (Å²) in [5, 5.41) is 2.93. The van der Waals surface area contributed by atoms with Gasteiger partial charge < -0.3 is 14.6 Å². The Balaban J connectivity index is 1.48. The van der Waals surface area contributed by atoms with Crippen molar-refractivity contribution in [2.75, 3.05) is 5.32 Å². The molecule has 0 saturated heterocycles. The Morgan fingerprint density at radius 1 is 1.15 bits per heavy atom. The minimum absolute atomic E-state index is 0.0209. The number of nitrogens with one attached hydrogen (secondary N) is 1. The van der Waals surface area contributed by atoms with E-state index in [0.717, 1.165) is 16.9 Å². The molecule has 5 heteroatoms. The van der Waals surface area contributed by atoms with Crippen molar-refractivity contribution in [3.8, 4) is 0 Å². The van der Waals surface area contributed by atoms with Crippen LogP contribution in [0.3, 0.4) is 0 Å². The Labute approximate surface area is 159 Å². The number of carbonyl (C=O) groups excluding carboxylic acids is 1. The SMILES string of the molecule is CC(C)c1ccc(NC(=O)c2ncn3c2COC(c2ccccc2)C3)cc1. The minimum Gasteiger partial charge on any atom is -0.365 e. The molecular weight excluding hydrogens is 338 g/mol. The van der Waals surface area contributed by atoms with Crippen molar-refractivity contribution in [2.24, 2.45) is 0 Å². The molecule has 1 aliphatic rings. The smallest absolute Gasteiger partial charge is 0.276 e. The predicted molar refractivity (Wildman–Crippen MR) is 105 cm³/mol. The largest absolute Gasteiger partial charge is 0.365 e.